The maximum Gasteiger partial charge on any atom is 0.305 e. The Morgan fingerprint density at radius 1 is 1.16 bits per heavy atom. The number of hydrogen-bond donors (Lipinski definition) is 0. The van der Waals surface area contributed by atoms with Crippen LogP contribution >= 0.6 is 0 Å². The Morgan fingerprint density at radius 3 is 2.84 bits per heavy atom. The molecule has 0 spiro atoms. The van der Waals surface area contributed by atoms with Crippen LogP contribution in [0.25, 0.3) is 0 Å². The Balaban J connectivity index is 1.55. The first kappa shape index (κ1) is 14.0. The van der Waals surface area contributed by atoms with Gasteiger partial charge < -0.3 is 14.2 Å². The van der Waals surface area contributed by atoms with Gasteiger partial charge >= 0.3 is 5.97 Å². The monoisotopic (exact) mass is 264 g/mol. The zero-order valence-corrected chi connectivity index (χ0v) is 11.0. The van der Waals surface area contributed by atoms with E-state index in [1.807, 2.05) is 30.3 Å². The van der Waals surface area contributed by atoms with Crippen LogP contribution < -0.4 is 0 Å². The summed E-state index contributed by atoms with van der Waals surface area (Å²) in [6, 6.07) is 10.1. The predicted molar refractivity (Wildman–Crippen MR) is 70.6 cm³/mol. The van der Waals surface area contributed by atoms with E-state index in [0.717, 1.165) is 18.4 Å². The highest BCUT2D eigenvalue weighted by atomic mass is 16.5. The molecule has 1 fully saturated rings. The van der Waals surface area contributed by atoms with E-state index in [-0.39, 0.29) is 12.1 Å². The van der Waals surface area contributed by atoms with Crippen molar-refractivity contribution in [1.29, 1.82) is 0 Å². The summed E-state index contributed by atoms with van der Waals surface area (Å²) in [4.78, 5) is 11.1. The first-order chi connectivity index (χ1) is 9.34. The quantitative estimate of drug-likeness (QED) is 0.584. The smallest absolute Gasteiger partial charge is 0.305 e. The molecule has 0 bridgehead atoms. The van der Waals surface area contributed by atoms with Crippen LogP contribution in [0.5, 0.6) is 0 Å². The van der Waals surface area contributed by atoms with E-state index in [1.54, 1.807) is 0 Å². The van der Waals surface area contributed by atoms with Crippen molar-refractivity contribution in [2.24, 2.45) is 0 Å². The lowest BCUT2D eigenvalue weighted by Gasteiger charge is -2.14. The Kier molecular flexibility index (Phi) is 5.85. The molecule has 1 aromatic rings. The highest BCUT2D eigenvalue weighted by Crippen LogP contribution is 2.12. The lowest BCUT2D eigenvalue weighted by atomic mass is 10.1. The van der Waals surface area contributed by atoms with Crippen molar-refractivity contribution in [2.75, 3.05) is 19.8 Å². The number of ether oxygens (including phenoxy) is 3. The van der Waals surface area contributed by atoms with E-state index in [1.165, 1.54) is 0 Å². The molecule has 0 aromatic heterocycles. The first-order valence-electron chi connectivity index (χ1n) is 6.73. The third kappa shape index (κ3) is 5.41. The van der Waals surface area contributed by atoms with Gasteiger partial charge in [0.1, 0.15) is 0 Å². The van der Waals surface area contributed by atoms with E-state index in [9.17, 15) is 4.79 Å². The molecule has 1 aliphatic rings. The average molecular weight is 264 g/mol. The normalized spacial score (nSPS) is 19.8. The molecule has 0 saturated carbocycles. The third-order valence-corrected chi connectivity index (χ3v) is 3.07. The number of rotatable bonds is 6. The molecule has 1 heterocycles. The van der Waals surface area contributed by atoms with Crippen LogP contribution in [-0.2, 0) is 25.6 Å². The van der Waals surface area contributed by atoms with Crippen molar-refractivity contribution in [3.63, 3.8) is 0 Å². The fourth-order valence-electron chi connectivity index (χ4n) is 2.00. The van der Waals surface area contributed by atoms with Gasteiger partial charge in [-0.25, -0.2) is 0 Å². The number of hydrogen-bond acceptors (Lipinski definition) is 4. The summed E-state index contributed by atoms with van der Waals surface area (Å²) >= 11 is 0. The van der Waals surface area contributed by atoms with Crippen LogP contribution in [0.2, 0.25) is 0 Å². The minimum absolute atomic E-state index is 0.117. The van der Waals surface area contributed by atoms with Gasteiger partial charge in [-0.15, -0.1) is 0 Å². The van der Waals surface area contributed by atoms with Crippen LogP contribution in [0.15, 0.2) is 30.3 Å². The SMILES string of the molecule is O=C1CCC(OCCOCc2ccccc2)CCO1. The van der Waals surface area contributed by atoms with E-state index >= 15 is 0 Å². The minimum atomic E-state index is -0.119. The summed E-state index contributed by atoms with van der Waals surface area (Å²) < 4.78 is 16.2. The number of benzene rings is 1. The minimum Gasteiger partial charge on any atom is -0.466 e. The highest BCUT2D eigenvalue weighted by Gasteiger charge is 2.17. The van der Waals surface area contributed by atoms with Crippen LogP contribution in [0.3, 0.4) is 0 Å². The molecule has 4 heteroatoms. The topological polar surface area (TPSA) is 44.8 Å². The van der Waals surface area contributed by atoms with Crippen molar-refractivity contribution in [1.82, 2.24) is 0 Å². The molecular formula is C15H20O4. The van der Waals surface area contributed by atoms with Gasteiger partial charge in [-0.2, -0.15) is 0 Å². The van der Waals surface area contributed by atoms with E-state index in [4.69, 9.17) is 14.2 Å². The standard InChI is InChI=1S/C15H20O4/c16-15-7-6-14(8-9-19-15)18-11-10-17-12-13-4-2-1-3-5-13/h1-5,14H,6-12H2. The number of cyclic esters (lactones) is 1. The molecule has 0 aliphatic carbocycles. The first-order valence-corrected chi connectivity index (χ1v) is 6.73. The molecule has 1 unspecified atom stereocenters. The summed E-state index contributed by atoms with van der Waals surface area (Å²) in [7, 11) is 0. The number of carbonyl (C=O) groups is 1. The van der Waals surface area contributed by atoms with Gasteiger partial charge in [0.15, 0.2) is 0 Å². The summed E-state index contributed by atoms with van der Waals surface area (Å²) in [5, 5.41) is 0. The van der Waals surface area contributed by atoms with Gasteiger partial charge in [-0.3, -0.25) is 4.79 Å². The molecule has 1 aromatic carbocycles. The number of carbonyl (C=O) groups excluding carboxylic acids is 1. The molecule has 0 amide bonds. The lowest BCUT2D eigenvalue weighted by Crippen LogP contribution is -2.16. The fraction of sp³-hybridized carbons (Fsp3) is 0.533. The Labute approximate surface area is 113 Å². The Morgan fingerprint density at radius 2 is 2.00 bits per heavy atom. The largest absolute Gasteiger partial charge is 0.466 e. The molecule has 19 heavy (non-hydrogen) atoms. The van der Waals surface area contributed by atoms with Crippen LogP contribution in [-0.4, -0.2) is 31.9 Å². The van der Waals surface area contributed by atoms with Gasteiger partial charge in [-0.05, 0) is 12.0 Å². The molecule has 0 radical (unpaired) electrons. The van der Waals surface area contributed by atoms with E-state index < -0.39 is 0 Å². The van der Waals surface area contributed by atoms with Crippen molar-refractivity contribution in [3.05, 3.63) is 35.9 Å². The zero-order valence-electron chi connectivity index (χ0n) is 11.0. The lowest BCUT2D eigenvalue weighted by molar-refractivity contribution is -0.142. The van der Waals surface area contributed by atoms with Gasteiger partial charge in [0.05, 0.1) is 32.5 Å². The van der Waals surface area contributed by atoms with Gasteiger partial charge in [0.25, 0.3) is 0 Å². The second-order valence-corrected chi connectivity index (χ2v) is 4.58. The van der Waals surface area contributed by atoms with E-state index in [0.29, 0.717) is 32.8 Å². The molecule has 0 N–H and O–H groups in total. The molecule has 1 saturated heterocycles. The van der Waals surface area contributed by atoms with Gasteiger partial charge in [-0.1, -0.05) is 30.3 Å². The van der Waals surface area contributed by atoms with Crippen molar-refractivity contribution < 1.29 is 19.0 Å². The number of esters is 1. The molecular weight excluding hydrogens is 244 g/mol. The van der Waals surface area contributed by atoms with Crippen LogP contribution in [0.4, 0.5) is 0 Å². The zero-order chi connectivity index (χ0) is 13.3. The second kappa shape index (κ2) is 7.92. The molecule has 2 rings (SSSR count). The summed E-state index contributed by atoms with van der Waals surface area (Å²) in [6.45, 7) is 2.21. The van der Waals surface area contributed by atoms with E-state index in [2.05, 4.69) is 0 Å². The molecule has 1 atom stereocenters. The maximum atomic E-state index is 11.1. The van der Waals surface area contributed by atoms with Crippen molar-refractivity contribution in [3.8, 4) is 0 Å². The Hall–Kier alpha value is -1.39. The highest BCUT2D eigenvalue weighted by molar-refractivity contribution is 5.69. The van der Waals surface area contributed by atoms with Crippen molar-refractivity contribution >= 4 is 5.97 Å². The fourth-order valence-corrected chi connectivity index (χ4v) is 2.00. The average Bonchev–Trinajstić information content (AvgIpc) is 2.64. The maximum absolute atomic E-state index is 11.1. The molecule has 104 valence electrons. The summed E-state index contributed by atoms with van der Waals surface area (Å²) in [5.41, 5.74) is 1.16. The molecule has 1 aliphatic heterocycles. The van der Waals surface area contributed by atoms with Crippen LogP contribution in [0, 0.1) is 0 Å². The predicted octanol–water partition coefficient (Wildman–Crippen LogP) is 2.32. The van der Waals surface area contributed by atoms with Gasteiger partial charge in [0, 0.05) is 12.8 Å². The van der Waals surface area contributed by atoms with Crippen LogP contribution in [0.1, 0.15) is 24.8 Å². The Bertz CT molecular complexity index is 377. The summed E-state index contributed by atoms with van der Waals surface area (Å²) in [5.74, 6) is -0.119. The second-order valence-electron chi connectivity index (χ2n) is 4.58. The molecule has 4 nitrogen and oxygen atoms in total. The van der Waals surface area contributed by atoms with Gasteiger partial charge in [0.2, 0.25) is 0 Å². The summed E-state index contributed by atoms with van der Waals surface area (Å²) in [6.07, 6.45) is 2.10. The third-order valence-electron chi connectivity index (χ3n) is 3.07. The van der Waals surface area contributed by atoms with Crippen molar-refractivity contribution in [2.45, 2.75) is 32.0 Å².